The molecule has 9 heteroatoms. The van der Waals surface area contributed by atoms with Crippen LogP contribution in [0.25, 0.3) is 5.65 Å². The Kier molecular flexibility index (Phi) is 4.30. The van der Waals surface area contributed by atoms with Crippen molar-refractivity contribution in [3.8, 4) is 0 Å². The van der Waals surface area contributed by atoms with Crippen LogP contribution in [0.5, 0.6) is 0 Å². The summed E-state index contributed by atoms with van der Waals surface area (Å²) in [4.78, 5) is 18.8. The van der Waals surface area contributed by atoms with E-state index in [4.69, 9.17) is 0 Å². The third-order valence-electron chi connectivity index (χ3n) is 6.23. The zero-order valence-corrected chi connectivity index (χ0v) is 15.8. The van der Waals surface area contributed by atoms with E-state index in [1.165, 1.54) is 4.52 Å². The molecule has 0 spiro atoms. The number of hydrogen-bond donors (Lipinski definition) is 0. The number of carbonyl (C=O) groups is 1. The number of alkyl halides is 3. The zero-order chi connectivity index (χ0) is 21.0. The minimum Gasteiger partial charge on any atom is -0.335 e. The number of rotatable bonds is 2. The number of pyridine rings is 1. The average Bonchev–Trinajstić information content (AvgIpc) is 3.38. The van der Waals surface area contributed by atoms with Gasteiger partial charge in [-0.25, -0.2) is 13.9 Å². The van der Waals surface area contributed by atoms with Gasteiger partial charge in [0.1, 0.15) is 5.82 Å². The van der Waals surface area contributed by atoms with Gasteiger partial charge < -0.3 is 4.90 Å². The fraction of sp³-hybridized carbons (Fsp3) is 0.381. The summed E-state index contributed by atoms with van der Waals surface area (Å²) in [7, 11) is 0. The molecule has 2 aromatic heterocycles. The summed E-state index contributed by atoms with van der Waals surface area (Å²) in [5.41, 5.74) is -0.168. The van der Waals surface area contributed by atoms with Crippen molar-refractivity contribution in [3.63, 3.8) is 0 Å². The lowest BCUT2D eigenvalue weighted by atomic mass is 9.91. The van der Waals surface area contributed by atoms with Crippen molar-refractivity contribution in [2.75, 3.05) is 13.1 Å². The molecule has 3 atom stereocenters. The second kappa shape index (κ2) is 6.78. The predicted molar refractivity (Wildman–Crippen MR) is 99.2 cm³/mol. The van der Waals surface area contributed by atoms with Crippen molar-refractivity contribution in [1.29, 1.82) is 0 Å². The zero-order valence-electron chi connectivity index (χ0n) is 15.8. The van der Waals surface area contributed by atoms with Crippen molar-refractivity contribution in [2.45, 2.75) is 24.9 Å². The van der Waals surface area contributed by atoms with Gasteiger partial charge in [0, 0.05) is 19.3 Å². The lowest BCUT2D eigenvalue weighted by molar-refractivity contribution is -0.138. The minimum atomic E-state index is -4.52. The number of aromatic nitrogens is 3. The number of amides is 1. The molecule has 1 unspecified atom stereocenters. The molecule has 1 amide bonds. The Morgan fingerprint density at radius 3 is 2.47 bits per heavy atom. The highest BCUT2D eigenvalue weighted by Gasteiger charge is 2.45. The van der Waals surface area contributed by atoms with Crippen LogP contribution in [0.4, 0.5) is 17.6 Å². The molecule has 0 N–H and O–H groups in total. The third-order valence-corrected chi connectivity index (χ3v) is 6.23. The molecule has 3 heterocycles. The summed E-state index contributed by atoms with van der Waals surface area (Å²) >= 11 is 0. The van der Waals surface area contributed by atoms with E-state index >= 15 is 0 Å². The average molecular weight is 418 g/mol. The molecule has 5 rings (SSSR count). The topological polar surface area (TPSA) is 50.5 Å². The number of carbonyl (C=O) groups excluding carboxylic acids is 1. The molecule has 1 saturated carbocycles. The molecule has 1 aromatic carbocycles. The molecule has 1 saturated heterocycles. The van der Waals surface area contributed by atoms with E-state index < -0.39 is 17.6 Å². The Morgan fingerprint density at radius 1 is 1.07 bits per heavy atom. The van der Waals surface area contributed by atoms with E-state index in [9.17, 15) is 22.4 Å². The number of fused-ring (bicyclic) bond motifs is 2. The van der Waals surface area contributed by atoms with Gasteiger partial charge in [-0.1, -0.05) is 6.07 Å². The van der Waals surface area contributed by atoms with Gasteiger partial charge in [-0.2, -0.15) is 13.2 Å². The summed E-state index contributed by atoms with van der Waals surface area (Å²) in [5, 5.41) is 4.21. The van der Waals surface area contributed by atoms with Crippen molar-refractivity contribution < 1.29 is 22.4 Å². The fourth-order valence-electron chi connectivity index (χ4n) is 4.91. The number of hydrogen-bond acceptors (Lipinski definition) is 3. The maximum atomic E-state index is 13.7. The van der Waals surface area contributed by atoms with E-state index in [-0.39, 0.29) is 35.0 Å². The predicted octanol–water partition coefficient (Wildman–Crippen LogP) is 4.15. The highest BCUT2D eigenvalue weighted by atomic mass is 19.4. The van der Waals surface area contributed by atoms with Crippen LogP contribution in [-0.2, 0) is 6.18 Å². The van der Waals surface area contributed by atoms with Crippen molar-refractivity contribution in [1.82, 2.24) is 19.5 Å². The first-order valence-corrected chi connectivity index (χ1v) is 9.77. The molecule has 0 bridgehead atoms. The number of nitrogens with zero attached hydrogens (tertiary/aromatic N) is 4. The van der Waals surface area contributed by atoms with Gasteiger partial charge in [0.05, 0.1) is 5.56 Å². The highest BCUT2D eigenvalue weighted by molar-refractivity contribution is 5.91. The van der Waals surface area contributed by atoms with Crippen LogP contribution in [0, 0.1) is 17.7 Å². The Labute approximate surface area is 169 Å². The van der Waals surface area contributed by atoms with Gasteiger partial charge in [0.2, 0.25) is 5.82 Å². The van der Waals surface area contributed by atoms with Crippen molar-refractivity contribution >= 4 is 11.6 Å². The smallest absolute Gasteiger partial charge is 0.335 e. The first-order valence-electron chi connectivity index (χ1n) is 9.77. The second-order valence-electron chi connectivity index (χ2n) is 8.07. The van der Waals surface area contributed by atoms with Crippen LogP contribution in [0.2, 0.25) is 0 Å². The summed E-state index contributed by atoms with van der Waals surface area (Å²) in [5.74, 6) is -1.02. The molecule has 1 aliphatic heterocycles. The summed E-state index contributed by atoms with van der Waals surface area (Å²) in [6, 6.07) is 8.04. The van der Waals surface area contributed by atoms with Gasteiger partial charge in [-0.3, -0.25) is 4.79 Å². The summed E-state index contributed by atoms with van der Waals surface area (Å²) in [6.45, 7) is 0.901. The number of benzene rings is 1. The van der Waals surface area contributed by atoms with Crippen LogP contribution in [-0.4, -0.2) is 38.5 Å². The van der Waals surface area contributed by atoms with E-state index in [1.54, 1.807) is 29.3 Å². The largest absolute Gasteiger partial charge is 0.416 e. The fourth-order valence-corrected chi connectivity index (χ4v) is 4.91. The van der Waals surface area contributed by atoms with E-state index in [1.807, 2.05) is 0 Å². The molecule has 2 fully saturated rings. The molecule has 2 aliphatic rings. The lowest BCUT2D eigenvalue weighted by Gasteiger charge is -2.21. The third kappa shape index (κ3) is 3.22. The minimum absolute atomic E-state index is 0.0248. The quantitative estimate of drug-likeness (QED) is 0.588. The molecule has 0 radical (unpaired) electrons. The van der Waals surface area contributed by atoms with Gasteiger partial charge in [0.25, 0.3) is 5.91 Å². The van der Waals surface area contributed by atoms with Crippen LogP contribution < -0.4 is 0 Å². The second-order valence-corrected chi connectivity index (χ2v) is 8.07. The van der Waals surface area contributed by atoms with E-state index in [0.29, 0.717) is 31.6 Å². The number of likely N-dealkylation sites (tertiary alicyclic amines) is 1. The molecule has 30 heavy (non-hydrogen) atoms. The van der Waals surface area contributed by atoms with Crippen LogP contribution in [0.15, 0.2) is 42.6 Å². The van der Waals surface area contributed by atoms with Gasteiger partial charge in [0.15, 0.2) is 5.65 Å². The normalized spacial score (nSPS) is 23.9. The van der Waals surface area contributed by atoms with Gasteiger partial charge >= 0.3 is 6.18 Å². The molecule has 5 nitrogen and oxygen atoms in total. The molecular formula is C21H18F4N4O. The van der Waals surface area contributed by atoms with Crippen LogP contribution >= 0.6 is 0 Å². The van der Waals surface area contributed by atoms with Gasteiger partial charge in [-0.15, -0.1) is 5.10 Å². The summed E-state index contributed by atoms with van der Waals surface area (Å²) < 4.78 is 55.3. The highest BCUT2D eigenvalue weighted by Crippen LogP contribution is 2.49. The van der Waals surface area contributed by atoms with E-state index in [2.05, 4.69) is 10.1 Å². The lowest BCUT2D eigenvalue weighted by Crippen LogP contribution is -2.30. The SMILES string of the molecule is O=C(c1nc2ccccn2n1)N1C[C@H]2CC(c3cc(F)ccc3C(F)(F)F)C[C@H]2C1. The molecule has 3 aromatic rings. The first kappa shape index (κ1) is 19.0. The number of halogens is 4. The van der Waals surface area contributed by atoms with E-state index in [0.717, 1.165) is 18.2 Å². The van der Waals surface area contributed by atoms with Crippen LogP contribution in [0.1, 0.15) is 40.5 Å². The first-order chi connectivity index (χ1) is 14.3. The molecular weight excluding hydrogens is 400 g/mol. The summed E-state index contributed by atoms with van der Waals surface area (Å²) in [6.07, 6.45) is -1.81. The van der Waals surface area contributed by atoms with Crippen molar-refractivity contribution in [2.24, 2.45) is 11.8 Å². The van der Waals surface area contributed by atoms with Crippen LogP contribution in [0.3, 0.4) is 0 Å². The Bertz CT molecular complexity index is 1080. The standard InChI is InChI=1S/C21H18F4N4O/c22-15-4-5-17(21(23,24)25)16(9-15)12-7-13-10-28(11-14(13)8-12)20(30)19-26-18-3-1-2-6-29(18)27-19/h1-6,9,12-14H,7-8,10-11H2/t12?,13-,14+. The molecule has 156 valence electrons. The maximum absolute atomic E-state index is 13.7. The Balaban J connectivity index is 1.32. The Hall–Kier alpha value is -2.97. The molecule has 1 aliphatic carbocycles. The maximum Gasteiger partial charge on any atom is 0.416 e. The monoisotopic (exact) mass is 418 g/mol. The van der Waals surface area contributed by atoms with Crippen molar-refractivity contribution in [3.05, 3.63) is 65.4 Å². The Morgan fingerprint density at radius 2 is 1.80 bits per heavy atom. The van der Waals surface area contributed by atoms with Gasteiger partial charge in [-0.05, 0) is 66.5 Å².